The highest BCUT2D eigenvalue weighted by Crippen LogP contribution is 2.39. The molecular formula is C24H24FNO5S. The number of amides is 1. The van der Waals surface area contributed by atoms with Gasteiger partial charge in [-0.25, -0.2) is 9.18 Å². The molecular weight excluding hydrogens is 433 g/mol. The third-order valence-corrected chi connectivity index (χ3v) is 6.33. The molecule has 0 aliphatic heterocycles. The molecule has 4 rings (SSSR count). The number of anilines is 1. The molecule has 0 radical (unpaired) electrons. The molecule has 0 saturated heterocycles. The first-order valence-corrected chi connectivity index (χ1v) is 11.5. The number of hydrogen-bond donors (Lipinski definition) is 1. The zero-order valence-electron chi connectivity index (χ0n) is 17.7. The lowest BCUT2D eigenvalue weighted by Crippen LogP contribution is -2.15. The highest BCUT2D eigenvalue weighted by atomic mass is 32.1. The van der Waals surface area contributed by atoms with Crippen molar-refractivity contribution >= 4 is 28.2 Å². The molecule has 1 N–H and O–H groups in total. The molecule has 8 heteroatoms. The molecule has 0 fully saturated rings. The second kappa shape index (κ2) is 9.99. The van der Waals surface area contributed by atoms with E-state index in [0.29, 0.717) is 28.7 Å². The summed E-state index contributed by atoms with van der Waals surface area (Å²) in [5.41, 5.74) is 1.46. The third-order valence-electron chi connectivity index (χ3n) is 5.12. The van der Waals surface area contributed by atoms with Crippen molar-refractivity contribution in [2.45, 2.75) is 45.6 Å². The molecule has 1 aromatic carbocycles. The number of hydrogen-bond acceptors (Lipinski definition) is 6. The van der Waals surface area contributed by atoms with Crippen LogP contribution in [0.1, 0.15) is 63.3 Å². The zero-order chi connectivity index (χ0) is 22.5. The molecule has 0 unspecified atom stereocenters. The summed E-state index contributed by atoms with van der Waals surface area (Å²) in [6, 6.07) is 8.85. The second-order valence-electron chi connectivity index (χ2n) is 7.51. The topological polar surface area (TPSA) is 77.8 Å². The summed E-state index contributed by atoms with van der Waals surface area (Å²) in [6.45, 7) is 2.38. The lowest BCUT2D eigenvalue weighted by Gasteiger charge is -2.12. The van der Waals surface area contributed by atoms with E-state index < -0.39 is 11.9 Å². The van der Waals surface area contributed by atoms with Crippen molar-refractivity contribution in [1.29, 1.82) is 0 Å². The van der Waals surface area contributed by atoms with Crippen LogP contribution in [0.15, 0.2) is 40.8 Å². The van der Waals surface area contributed by atoms with Crippen LogP contribution in [0, 0.1) is 5.82 Å². The van der Waals surface area contributed by atoms with Crippen LogP contribution in [0.25, 0.3) is 0 Å². The summed E-state index contributed by atoms with van der Waals surface area (Å²) < 4.78 is 29.5. The molecule has 3 aromatic rings. The normalized spacial score (nSPS) is 12.8. The van der Waals surface area contributed by atoms with Crippen LogP contribution < -0.4 is 10.1 Å². The maximum absolute atomic E-state index is 13.0. The number of esters is 1. The Labute approximate surface area is 189 Å². The minimum absolute atomic E-state index is 0.0980. The van der Waals surface area contributed by atoms with Crippen molar-refractivity contribution < 1.29 is 27.9 Å². The fourth-order valence-corrected chi connectivity index (χ4v) is 4.84. The molecule has 168 valence electrons. The van der Waals surface area contributed by atoms with Crippen LogP contribution >= 0.6 is 11.3 Å². The monoisotopic (exact) mass is 457 g/mol. The van der Waals surface area contributed by atoms with E-state index in [2.05, 4.69) is 5.32 Å². The molecule has 0 atom stereocenters. The summed E-state index contributed by atoms with van der Waals surface area (Å²) >= 11 is 1.43. The Balaban J connectivity index is 1.46. The predicted molar refractivity (Wildman–Crippen MR) is 119 cm³/mol. The number of ether oxygens (including phenoxy) is 2. The summed E-state index contributed by atoms with van der Waals surface area (Å²) in [5.74, 6) is -0.124. The van der Waals surface area contributed by atoms with Gasteiger partial charge in [-0.1, -0.05) is 6.92 Å². The second-order valence-corrected chi connectivity index (χ2v) is 8.62. The first kappa shape index (κ1) is 22.1. The Kier molecular flexibility index (Phi) is 6.90. The smallest absolute Gasteiger partial charge is 0.341 e. The lowest BCUT2D eigenvalue weighted by molar-refractivity contribution is 0.0505. The molecule has 1 aliphatic carbocycles. The highest BCUT2D eigenvalue weighted by molar-refractivity contribution is 7.17. The van der Waals surface area contributed by atoms with Crippen molar-refractivity contribution in [3.63, 3.8) is 0 Å². The summed E-state index contributed by atoms with van der Waals surface area (Å²) in [7, 11) is 0. The number of carbonyl (C=O) groups is 2. The number of benzene rings is 1. The number of nitrogens with one attached hydrogen (secondary N) is 1. The van der Waals surface area contributed by atoms with Crippen LogP contribution in [0.5, 0.6) is 5.75 Å². The minimum Gasteiger partial charge on any atom is -0.486 e. The number of halogens is 1. The molecule has 0 bridgehead atoms. The van der Waals surface area contributed by atoms with Gasteiger partial charge in [0.2, 0.25) is 0 Å². The first-order valence-electron chi connectivity index (χ1n) is 10.6. The molecule has 32 heavy (non-hydrogen) atoms. The molecule has 0 spiro atoms. The molecule has 1 aliphatic rings. The van der Waals surface area contributed by atoms with Gasteiger partial charge in [-0.3, -0.25) is 4.79 Å². The molecule has 0 saturated carbocycles. The minimum atomic E-state index is -0.443. The van der Waals surface area contributed by atoms with Gasteiger partial charge in [0.15, 0.2) is 5.76 Å². The number of carbonyl (C=O) groups excluding carboxylic acids is 2. The average molecular weight is 458 g/mol. The van der Waals surface area contributed by atoms with E-state index in [0.717, 1.165) is 42.5 Å². The van der Waals surface area contributed by atoms with Gasteiger partial charge < -0.3 is 19.2 Å². The van der Waals surface area contributed by atoms with E-state index in [1.165, 1.54) is 35.6 Å². The largest absolute Gasteiger partial charge is 0.486 e. The van der Waals surface area contributed by atoms with Gasteiger partial charge in [0.1, 0.15) is 28.9 Å². The summed E-state index contributed by atoms with van der Waals surface area (Å²) in [6.07, 6.45) is 4.52. The van der Waals surface area contributed by atoms with E-state index >= 15 is 0 Å². The zero-order valence-corrected chi connectivity index (χ0v) is 18.6. The number of thiophene rings is 1. The summed E-state index contributed by atoms with van der Waals surface area (Å²) in [5, 5.41) is 3.34. The van der Waals surface area contributed by atoms with Crippen LogP contribution in [0.3, 0.4) is 0 Å². The van der Waals surface area contributed by atoms with E-state index in [9.17, 15) is 14.0 Å². The van der Waals surface area contributed by atoms with Gasteiger partial charge in [0.25, 0.3) is 5.91 Å². The van der Waals surface area contributed by atoms with Crippen molar-refractivity contribution in [3.05, 3.63) is 69.7 Å². The van der Waals surface area contributed by atoms with Crippen LogP contribution in [-0.4, -0.2) is 18.5 Å². The van der Waals surface area contributed by atoms with E-state index in [1.807, 2.05) is 6.92 Å². The lowest BCUT2D eigenvalue weighted by atomic mass is 9.95. The fourth-order valence-electron chi connectivity index (χ4n) is 3.56. The Morgan fingerprint density at radius 3 is 2.69 bits per heavy atom. The molecule has 2 heterocycles. The van der Waals surface area contributed by atoms with E-state index in [-0.39, 0.29) is 18.2 Å². The predicted octanol–water partition coefficient (Wildman–Crippen LogP) is 5.76. The Morgan fingerprint density at radius 2 is 1.91 bits per heavy atom. The fraction of sp³-hybridized carbons (Fsp3) is 0.333. The average Bonchev–Trinajstić information content (AvgIpc) is 3.41. The maximum Gasteiger partial charge on any atom is 0.341 e. The molecule has 6 nitrogen and oxygen atoms in total. The van der Waals surface area contributed by atoms with Gasteiger partial charge in [-0.2, -0.15) is 0 Å². The van der Waals surface area contributed by atoms with Gasteiger partial charge >= 0.3 is 5.97 Å². The highest BCUT2D eigenvalue weighted by Gasteiger charge is 2.28. The van der Waals surface area contributed by atoms with Crippen LogP contribution in [0.2, 0.25) is 0 Å². The molecule has 2 aromatic heterocycles. The van der Waals surface area contributed by atoms with E-state index in [1.54, 1.807) is 12.1 Å². The SMILES string of the molecule is CCCOC(=O)c1c(NC(=O)c2ccc(COc3ccc(F)cc3)o2)sc2c1CCCC2. The van der Waals surface area contributed by atoms with Gasteiger partial charge in [-0.05, 0) is 74.1 Å². The molecule has 1 amide bonds. The van der Waals surface area contributed by atoms with Crippen LogP contribution in [-0.2, 0) is 24.2 Å². The summed E-state index contributed by atoms with van der Waals surface area (Å²) in [4.78, 5) is 26.6. The van der Waals surface area contributed by atoms with Crippen molar-refractivity contribution in [3.8, 4) is 5.75 Å². The number of aryl methyl sites for hydroxylation is 1. The Morgan fingerprint density at radius 1 is 1.12 bits per heavy atom. The maximum atomic E-state index is 13.0. The Bertz CT molecular complexity index is 1100. The van der Waals surface area contributed by atoms with Gasteiger partial charge in [0.05, 0.1) is 12.2 Å². The number of fused-ring (bicyclic) bond motifs is 1. The van der Waals surface area contributed by atoms with Crippen molar-refractivity contribution in [2.24, 2.45) is 0 Å². The number of rotatable bonds is 8. The van der Waals surface area contributed by atoms with Crippen LogP contribution in [0.4, 0.5) is 9.39 Å². The first-order chi connectivity index (χ1) is 15.5. The van der Waals surface area contributed by atoms with Gasteiger partial charge in [0, 0.05) is 4.88 Å². The van der Waals surface area contributed by atoms with E-state index in [4.69, 9.17) is 13.9 Å². The van der Waals surface area contributed by atoms with Crippen molar-refractivity contribution in [2.75, 3.05) is 11.9 Å². The quantitative estimate of drug-likeness (QED) is 0.435. The van der Waals surface area contributed by atoms with Crippen molar-refractivity contribution in [1.82, 2.24) is 0 Å². The van der Waals surface area contributed by atoms with Gasteiger partial charge in [-0.15, -0.1) is 11.3 Å². The third kappa shape index (κ3) is 5.02. The standard InChI is InChI=1S/C24H24FNO5S/c1-2-13-29-24(28)21-18-5-3-4-6-20(18)32-23(21)26-22(27)19-12-11-17(31-19)14-30-16-9-7-15(25)8-10-16/h7-12H,2-6,13-14H2,1H3,(H,26,27). The number of furan rings is 1. The Hall–Kier alpha value is -3.13.